The van der Waals surface area contributed by atoms with E-state index in [2.05, 4.69) is 26.1 Å². The molecule has 0 fully saturated rings. The summed E-state index contributed by atoms with van der Waals surface area (Å²) in [5.41, 5.74) is 1.57. The summed E-state index contributed by atoms with van der Waals surface area (Å²) in [5.74, 6) is -3.89. The van der Waals surface area contributed by atoms with Crippen molar-refractivity contribution in [3.63, 3.8) is 0 Å². The molecule has 1 aliphatic rings. The largest absolute Gasteiger partial charge is 0.322 e. The van der Waals surface area contributed by atoms with Crippen molar-refractivity contribution >= 4 is 35.0 Å². The Morgan fingerprint density at radius 3 is 2.47 bits per heavy atom. The number of rotatable bonds is 6. The molecule has 2 aromatic carbocycles. The van der Waals surface area contributed by atoms with Crippen LogP contribution in [-0.4, -0.2) is 5.91 Å². The van der Waals surface area contributed by atoms with Gasteiger partial charge in [0.05, 0.1) is 5.02 Å². The summed E-state index contributed by atoms with van der Waals surface area (Å²) in [4.78, 5) is 14.6. The lowest BCUT2D eigenvalue weighted by molar-refractivity contribution is 0.102. The van der Waals surface area contributed by atoms with Gasteiger partial charge in [0.1, 0.15) is 0 Å². The Morgan fingerprint density at radius 2 is 1.83 bits per heavy atom. The third-order valence-corrected chi connectivity index (χ3v) is 7.27. The molecule has 1 aliphatic carbocycles. The lowest BCUT2D eigenvalue weighted by atomic mass is 9.99. The van der Waals surface area contributed by atoms with Gasteiger partial charge in [-0.15, -0.1) is 0 Å². The zero-order valence-corrected chi connectivity index (χ0v) is 18.6. The summed E-state index contributed by atoms with van der Waals surface area (Å²) in [6.07, 6.45) is 3.17. The fraction of sp³-hybridized carbons (Fsp3) is 0.348. The van der Waals surface area contributed by atoms with Crippen molar-refractivity contribution in [2.45, 2.75) is 44.9 Å². The quantitative estimate of drug-likeness (QED) is 0.451. The van der Waals surface area contributed by atoms with Crippen LogP contribution in [0.1, 0.15) is 50.4 Å². The molecule has 3 rings (SSSR count). The van der Waals surface area contributed by atoms with Crippen LogP contribution in [0, 0.1) is 29.3 Å². The summed E-state index contributed by atoms with van der Waals surface area (Å²) in [5, 5.41) is 2.94. The maximum Gasteiger partial charge on any atom is 0.255 e. The molecular weight excluding hydrogens is 431 g/mol. The molecule has 2 aromatic rings. The topological polar surface area (TPSA) is 29.1 Å². The number of allylic oxidation sites excluding steroid dienone is 2. The first-order chi connectivity index (χ1) is 14.2. The normalized spacial score (nSPS) is 18.8. The van der Waals surface area contributed by atoms with E-state index < -0.39 is 23.4 Å². The Bertz CT molecular complexity index is 985. The van der Waals surface area contributed by atoms with Crippen molar-refractivity contribution in [1.82, 2.24) is 0 Å². The van der Waals surface area contributed by atoms with Gasteiger partial charge in [0.15, 0.2) is 17.5 Å². The number of hydrogen-bond acceptors (Lipinski definition) is 2. The molecule has 2 nitrogen and oxygen atoms in total. The highest BCUT2D eigenvalue weighted by atomic mass is 35.5. The summed E-state index contributed by atoms with van der Waals surface area (Å²) < 4.78 is 39.9. The zero-order chi connectivity index (χ0) is 22.0. The van der Waals surface area contributed by atoms with E-state index in [-0.39, 0.29) is 5.69 Å². The third kappa shape index (κ3) is 4.86. The SMILES string of the molecule is CCCC1=C(Sc2cc(C(=O)Nc3cc(F)c(F)c(F)c3)ccc2Cl)C(C)C(C)C1. The number of thioether (sulfide) groups is 1. The van der Waals surface area contributed by atoms with Crippen molar-refractivity contribution in [2.24, 2.45) is 11.8 Å². The number of benzene rings is 2. The Kier molecular flexibility index (Phi) is 7.19. The van der Waals surface area contributed by atoms with E-state index in [4.69, 9.17) is 11.6 Å². The van der Waals surface area contributed by atoms with Gasteiger partial charge >= 0.3 is 0 Å². The Hall–Kier alpha value is -1.92. The average molecular weight is 454 g/mol. The van der Waals surface area contributed by atoms with E-state index in [1.165, 1.54) is 10.5 Å². The van der Waals surface area contributed by atoms with Crippen LogP contribution in [0.5, 0.6) is 0 Å². The summed E-state index contributed by atoms with van der Waals surface area (Å²) >= 11 is 7.97. The van der Waals surface area contributed by atoms with Gasteiger partial charge in [-0.2, -0.15) is 0 Å². The molecule has 0 aliphatic heterocycles. The molecule has 2 unspecified atom stereocenters. The minimum absolute atomic E-state index is 0.160. The lowest BCUT2D eigenvalue weighted by Gasteiger charge is -2.15. The van der Waals surface area contributed by atoms with Gasteiger partial charge in [0.2, 0.25) is 0 Å². The molecule has 0 aromatic heterocycles. The monoisotopic (exact) mass is 453 g/mol. The highest BCUT2D eigenvalue weighted by Crippen LogP contribution is 2.48. The Labute approximate surface area is 183 Å². The minimum Gasteiger partial charge on any atom is -0.322 e. The first kappa shape index (κ1) is 22.8. The van der Waals surface area contributed by atoms with E-state index in [1.807, 2.05) is 0 Å². The number of halogens is 4. The van der Waals surface area contributed by atoms with Crippen LogP contribution in [-0.2, 0) is 0 Å². The van der Waals surface area contributed by atoms with Crippen molar-refractivity contribution < 1.29 is 18.0 Å². The van der Waals surface area contributed by atoms with Gasteiger partial charge in [-0.25, -0.2) is 13.2 Å². The fourth-order valence-electron chi connectivity index (χ4n) is 3.61. The van der Waals surface area contributed by atoms with E-state index in [0.29, 0.717) is 22.4 Å². The first-order valence-corrected chi connectivity index (χ1v) is 11.1. The molecule has 0 spiro atoms. The van der Waals surface area contributed by atoms with Crippen LogP contribution in [0.3, 0.4) is 0 Å². The summed E-state index contributed by atoms with van der Waals surface area (Å²) in [7, 11) is 0. The molecule has 1 N–H and O–H groups in total. The van der Waals surface area contributed by atoms with Gasteiger partial charge < -0.3 is 5.32 Å². The molecular formula is C23H23ClF3NOS. The zero-order valence-electron chi connectivity index (χ0n) is 17.0. The summed E-state index contributed by atoms with van der Waals surface area (Å²) in [6, 6.07) is 6.33. The van der Waals surface area contributed by atoms with Crippen LogP contribution in [0.25, 0.3) is 0 Å². The van der Waals surface area contributed by atoms with E-state index in [9.17, 15) is 18.0 Å². The molecule has 0 radical (unpaired) electrons. The summed E-state index contributed by atoms with van der Waals surface area (Å²) in [6.45, 7) is 6.60. The maximum absolute atomic E-state index is 13.4. The molecule has 0 saturated heterocycles. The predicted molar refractivity (Wildman–Crippen MR) is 116 cm³/mol. The van der Waals surface area contributed by atoms with Gasteiger partial charge in [-0.05, 0) is 47.8 Å². The molecule has 160 valence electrons. The molecule has 0 bridgehead atoms. The number of hydrogen-bond donors (Lipinski definition) is 1. The molecule has 0 saturated carbocycles. The number of amides is 1. The van der Waals surface area contributed by atoms with Gasteiger partial charge in [-0.3, -0.25) is 4.79 Å². The maximum atomic E-state index is 13.4. The second-order valence-electron chi connectivity index (χ2n) is 7.64. The number of carbonyl (C=O) groups excluding carboxylic acids is 1. The average Bonchev–Trinajstić information content (AvgIpc) is 2.95. The third-order valence-electron chi connectivity index (χ3n) is 5.39. The van der Waals surface area contributed by atoms with Crippen LogP contribution in [0.15, 0.2) is 45.7 Å². The van der Waals surface area contributed by atoms with Gasteiger partial charge in [0, 0.05) is 28.3 Å². The number of nitrogens with one attached hydrogen (secondary N) is 1. The van der Waals surface area contributed by atoms with E-state index in [0.717, 1.165) is 36.3 Å². The molecule has 7 heteroatoms. The van der Waals surface area contributed by atoms with Crippen molar-refractivity contribution in [3.8, 4) is 0 Å². The van der Waals surface area contributed by atoms with Crippen molar-refractivity contribution in [2.75, 3.05) is 5.32 Å². The molecule has 30 heavy (non-hydrogen) atoms. The van der Waals surface area contributed by atoms with Gasteiger partial charge in [0.25, 0.3) is 5.91 Å². The molecule has 1 amide bonds. The highest BCUT2D eigenvalue weighted by Gasteiger charge is 2.29. The number of carbonyl (C=O) groups is 1. The van der Waals surface area contributed by atoms with E-state index >= 15 is 0 Å². The number of anilines is 1. The minimum atomic E-state index is -1.57. The van der Waals surface area contributed by atoms with Crippen LogP contribution in [0.2, 0.25) is 5.02 Å². The van der Waals surface area contributed by atoms with Crippen LogP contribution < -0.4 is 5.32 Å². The molecule has 0 heterocycles. The fourth-order valence-corrected chi connectivity index (χ4v) is 5.18. The van der Waals surface area contributed by atoms with Gasteiger partial charge in [-0.1, -0.05) is 56.1 Å². The van der Waals surface area contributed by atoms with Crippen LogP contribution in [0.4, 0.5) is 18.9 Å². The van der Waals surface area contributed by atoms with E-state index in [1.54, 1.807) is 30.0 Å². The first-order valence-electron chi connectivity index (χ1n) is 9.86. The van der Waals surface area contributed by atoms with Crippen molar-refractivity contribution in [1.29, 1.82) is 0 Å². The van der Waals surface area contributed by atoms with Crippen LogP contribution >= 0.6 is 23.4 Å². The predicted octanol–water partition coefficient (Wildman–Crippen LogP) is 7.83. The highest BCUT2D eigenvalue weighted by molar-refractivity contribution is 8.03. The second kappa shape index (κ2) is 9.48. The smallest absolute Gasteiger partial charge is 0.255 e. The Balaban J connectivity index is 1.84. The second-order valence-corrected chi connectivity index (χ2v) is 9.13. The lowest BCUT2D eigenvalue weighted by Crippen LogP contribution is -2.13. The standard InChI is InChI=1S/C23H23ClF3NOS/c1-4-5-14-8-12(2)13(3)22(14)30-20-9-15(6-7-17(20)24)23(29)28-16-10-18(25)21(27)19(26)11-16/h6-7,9-13H,4-5,8H2,1-3H3,(H,28,29). The molecule has 2 atom stereocenters. The van der Waals surface area contributed by atoms with Crippen molar-refractivity contribution in [3.05, 3.63) is 68.8 Å². The Morgan fingerprint density at radius 1 is 1.17 bits per heavy atom.